The summed E-state index contributed by atoms with van der Waals surface area (Å²) in [5.41, 5.74) is 6.00. The van der Waals surface area contributed by atoms with E-state index in [1.165, 1.54) is 6.42 Å². The quantitative estimate of drug-likeness (QED) is 0.815. The second kappa shape index (κ2) is 5.80. The van der Waals surface area contributed by atoms with Gasteiger partial charge in [0.05, 0.1) is 5.54 Å². The van der Waals surface area contributed by atoms with Crippen molar-refractivity contribution in [1.29, 1.82) is 0 Å². The van der Waals surface area contributed by atoms with Crippen molar-refractivity contribution in [2.24, 2.45) is 11.7 Å². The van der Waals surface area contributed by atoms with Gasteiger partial charge in [-0.15, -0.1) is 0 Å². The zero-order chi connectivity index (χ0) is 13.0. The van der Waals surface area contributed by atoms with Crippen LogP contribution >= 0.6 is 0 Å². The van der Waals surface area contributed by atoms with Crippen LogP contribution in [0.5, 0.6) is 0 Å². The summed E-state index contributed by atoms with van der Waals surface area (Å²) in [5.74, 6) is 1.80. The van der Waals surface area contributed by atoms with E-state index in [0.717, 1.165) is 25.7 Å². The van der Waals surface area contributed by atoms with Gasteiger partial charge in [-0.25, -0.2) is 0 Å². The van der Waals surface area contributed by atoms with Crippen molar-refractivity contribution >= 4 is 0 Å². The molecule has 5 heteroatoms. The first kappa shape index (κ1) is 13.5. The van der Waals surface area contributed by atoms with Crippen LogP contribution in [0.2, 0.25) is 0 Å². The molecule has 0 bridgehead atoms. The summed E-state index contributed by atoms with van der Waals surface area (Å²) in [6.45, 7) is 5.39. The van der Waals surface area contributed by atoms with E-state index in [2.05, 4.69) is 24.0 Å². The molecule has 2 unspecified atom stereocenters. The third-order valence-corrected chi connectivity index (χ3v) is 3.52. The number of aromatic nitrogens is 2. The Hall–Kier alpha value is -0.940. The molecular formula is C13H23N3O2. The summed E-state index contributed by atoms with van der Waals surface area (Å²) in [7, 11) is 0. The Balaban J connectivity index is 1.99. The minimum atomic E-state index is -0.413. The summed E-state index contributed by atoms with van der Waals surface area (Å²) in [6, 6.07) is 0. The molecule has 2 rings (SSSR count). The monoisotopic (exact) mass is 253 g/mol. The van der Waals surface area contributed by atoms with Gasteiger partial charge in [0.25, 0.3) is 5.89 Å². The number of ether oxygens (including phenoxy) is 1. The molecule has 102 valence electrons. The van der Waals surface area contributed by atoms with E-state index < -0.39 is 5.54 Å². The predicted octanol–water partition coefficient (Wildman–Crippen LogP) is 2.36. The number of hydrogen-bond acceptors (Lipinski definition) is 5. The van der Waals surface area contributed by atoms with Crippen molar-refractivity contribution < 1.29 is 9.26 Å². The second-order valence-corrected chi connectivity index (χ2v) is 5.42. The Morgan fingerprint density at radius 3 is 3.11 bits per heavy atom. The highest BCUT2D eigenvalue weighted by atomic mass is 16.5. The van der Waals surface area contributed by atoms with Gasteiger partial charge >= 0.3 is 0 Å². The molecule has 18 heavy (non-hydrogen) atoms. The van der Waals surface area contributed by atoms with E-state index in [1.807, 2.05) is 0 Å². The zero-order valence-electron chi connectivity index (χ0n) is 11.3. The number of hydrogen-bond donors (Lipinski definition) is 1. The van der Waals surface area contributed by atoms with Crippen LogP contribution in [0, 0.1) is 5.92 Å². The molecule has 5 nitrogen and oxygen atoms in total. The van der Waals surface area contributed by atoms with E-state index in [1.54, 1.807) is 0 Å². The van der Waals surface area contributed by atoms with Crippen LogP contribution in [0.3, 0.4) is 0 Å². The van der Waals surface area contributed by atoms with Crippen molar-refractivity contribution in [1.82, 2.24) is 10.1 Å². The molecule has 2 atom stereocenters. The summed E-state index contributed by atoms with van der Waals surface area (Å²) < 4.78 is 10.6. The standard InChI is InChI=1S/C13H23N3O2/c1-3-7-17-9-11-15-12(16-18-11)13(14)6-4-5-10(2)8-13/h10H,3-9,14H2,1-2H3. The molecule has 1 aliphatic carbocycles. The molecule has 1 aliphatic rings. The lowest BCUT2D eigenvalue weighted by Gasteiger charge is -2.33. The lowest BCUT2D eigenvalue weighted by molar-refractivity contribution is 0.0981. The Bertz CT molecular complexity index is 380. The number of nitrogens with zero attached hydrogens (tertiary/aromatic N) is 2. The normalized spacial score (nSPS) is 28.5. The second-order valence-electron chi connectivity index (χ2n) is 5.42. The molecule has 2 N–H and O–H groups in total. The summed E-state index contributed by atoms with van der Waals surface area (Å²) in [6.07, 6.45) is 5.23. The average Bonchev–Trinajstić information content (AvgIpc) is 2.78. The summed E-state index contributed by atoms with van der Waals surface area (Å²) in [4.78, 5) is 4.38. The predicted molar refractivity (Wildman–Crippen MR) is 67.7 cm³/mol. The van der Waals surface area contributed by atoms with Crippen LogP contribution in [0.25, 0.3) is 0 Å². The molecule has 0 aromatic carbocycles. The Kier molecular flexibility index (Phi) is 4.35. The van der Waals surface area contributed by atoms with E-state index in [-0.39, 0.29) is 0 Å². The highest BCUT2D eigenvalue weighted by molar-refractivity contribution is 5.06. The first-order valence-corrected chi connectivity index (χ1v) is 6.84. The van der Waals surface area contributed by atoms with Gasteiger partial charge in [-0.05, 0) is 25.2 Å². The van der Waals surface area contributed by atoms with Crippen molar-refractivity contribution in [2.45, 2.75) is 58.1 Å². The van der Waals surface area contributed by atoms with Gasteiger partial charge in [0, 0.05) is 6.61 Å². The van der Waals surface area contributed by atoms with Crippen molar-refractivity contribution in [3.05, 3.63) is 11.7 Å². The lowest BCUT2D eigenvalue weighted by Crippen LogP contribution is -2.42. The molecule has 1 fully saturated rings. The van der Waals surface area contributed by atoms with Gasteiger partial charge in [0.2, 0.25) is 0 Å². The molecular weight excluding hydrogens is 230 g/mol. The molecule has 0 saturated heterocycles. The minimum absolute atomic E-state index is 0.381. The molecule has 1 heterocycles. The van der Waals surface area contributed by atoms with Gasteiger partial charge in [0.15, 0.2) is 5.82 Å². The van der Waals surface area contributed by atoms with Gasteiger partial charge in [-0.2, -0.15) is 4.98 Å². The first-order chi connectivity index (χ1) is 8.64. The maximum absolute atomic E-state index is 6.41. The topological polar surface area (TPSA) is 74.2 Å². The Labute approximate surface area is 108 Å². The van der Waals surface area contributed by atoms with E-state index in [9.17, 15) is 0 Å². The Morgan fingerprint density at radius 1 is 1.56 bits per heavy atom. The average molecular weight is 253 g/mol. The van der Waals surface area contributed by atoms with Crippen LogP contribution < -0.4 is 5.73 Å². The molecule has 1 aromatic heterocycles. The van der Waals surface area contributed by atoms with E-state index in [4.69, 9.17) is 15.0 Å². The fourth-order valence-corrected chi connectivity index (χ4v) is 2.61. The molecule has 1 saturated carbocycles. The summed E-state index contributed by atoms with van der Waals surface area (Å²) >= 11 is 0. The number of rotatable bonds is 5. The smallest absolute Gasteiger partial charge is 0.252 e. The molecule has 0 radical (unpaired) electrons. The van der Waals surface area contributed by atoms with Crippen molar-refractivity contribution in [3.63, 3.8) is 0 Å². The van der Waals surface area contributed by atoms with Crippen LogP contribution in [-0.2, 0) is 16.9 Å². The maximum Gasteiger partial charge on any atom is 0.252 e. The van der Waals surface area contributed by atoms with Crippen LogP contribution in [-0.4, -0.2) is 16.7 Å². The lowest BCUT2D eigenvalue weighted by atomic mass is 9.76. The fraction of sp³-hybridized carbons (Fsp3) is 0.846. The zero-order valence-corrected chi connectivity index (χ0v) is 11.3. The van der Waals surface area contributed by atoms with Crippen molar-refractivity contribution in [3.8, 4) is 0 Å². The molecule has 0 spiro atoms. The van der Waals surface area contributed by atoms with Gasteiger partial charge in [-0.1, -0.05) is 31.8 Å². The van der Waals surface area contributed by atoms with Crippen LogP contribution in [0.4, 0.5) is 0 Å². The highest BCUT2D eigenvalue weighted by Gasteiger charge is 2.36. The molecule has 1 aromatic rings. The third kappa shape index (κ3) is 3.09. The van der Waals surface area contributed by atoms with E-state index >= 15 is 0 Å². The minimum Gasteiger partial charge on any atom is -0.372 e. The third-order valence-electron chi connectivity index (χ3n) is 3.52. The van der Waals surface area contributed by atoms with Crippen LogP contribution in [0.15, 0.2) is 4.52 Å². The molecule has 0 aliphatic heterocycles. The number of nitrogens with two attached hydrogens (primary N) is 1. The Morgan fingerprint density at radius 2 is 2.39 bits per heavy atom. The van der Waals surface area contributed by atoms with Crippen LogP contribution in [0.1, 0.15) is 57.7 Å². The first-order valence-electron chi connectivity index (χ1n) is 6.84. The fourth-order valence-electron chi connectivity index (χ4n) is 2.61. The largest absolute Gasteiger partial charge is 0.372 e. The maximum atomic E-state index is 6.41. The van der Waals surface area contributed by atoms with Gasteiger partial charge < -0.3 is 15.0 Å². The van der Waals surface area contributed by atoms with Crippen molar-refractivity contribution in [2.75, 3.05) is 6.61 Å². The molecule has 0 amide bonds. The van der Waals surface area contributed by atoms with Gasteiger partial charge in [0.1, 0.15) is 6.61 Å². The summed E-state index contributed by atoms with van der Waals surface area (Å²) in [5, 5.41) is 4.03. The highest BCUT2D eigenvalue weighted by Crippen LogP contribution is 2.36. The van der Waals surface area contributed by atoms with E-state index in [0.29, 0.717) is 30.8 Å². The SMILES string of the molecule is CCCOCc1nc(C2(N)CCCC(C)C2)no1. The van der Waals surface area contributed by atoms with Gasteiger partial charge in [-0.3, -0.25) is 0 Å².